The molecular weight excluding hydrogens is 252 g/mol. The van der Waals surface area contributed by atoms with Gasteiger partial charge in [-0.3, -0.25) is 9.69 Å². The number of aryl methyl sites for hydroxylation is 2. The highest BCUT2D eigenvalue weighted by Crippen LogP contribution is 2.14. The Bertz CT molecular complexity index is 457. The van der Waals surface area contributed by atoms with Gasteiger partial charge in [0.05, 0.1) is 18.8 Å². The third kappa shape index (κ3) is 4.32. The van der Waals surface area contributed by atoms with Crippen molar-refractivity contribution >= 4 is 11.6 Å². The molecule has 1 fully saturated rings. The minimum Gasteiger partial charge on any atom is -0.373 e. The van der Waals surface area contributed by atoms with Crippen molar-refractivity contribution in [1.82, 2.24) is 4.90 Å². The van der Waals surface area contributed by atoms with Crippen molar-refractivity contribution in [2.45, 2.75) is 39.9 Å². The number of carbonyl (C=O) groups is 1. The van der Waals surface area contributed by atoms with E-state index in [2.05, 4.69) is 16.3 Å². The lowest BCUT2D eigenvalue weighted by Crippen LogP contribution is -2.48. The lowest BCUT2D eigenvalue weighted by atomic mass is 10.1. The van der Waals surface area contributed by atoms with E-state index in [1.54, 1.807) is 0 Å². The Balaban J connectivity index is 1.92. The van der Waals surface area contributed by atoms with E-state index in [-0.39, 0.29) is 18.1 Å². The predicted octanol–water partition coefficient (Wildman–Crippen LogP) is 2.35. The van der Waals surface area contributed by atoms with Crippen molar-refractivity contribution in [2.24, 2.45) is 0 Å². The van der Waals surface area contributed by atoms with Crippen molar-refractivity contribution in [3.63, 3.8) is 0 Å². The summed E-state index contributed by atoms with van der Waals surface area (Å²) in [7, 11) is 0. The molecule has 1 heterocycles. The van der Waals surface area contributed by atoms with Gasteiger partial charge in [0.15, 0.2) is 0 Å². The maximum absolute atomic E-state index is 12.1. The molecule has 1 aromatic rings. The Morgan fingerprint density at radius 3 is 2.30 bits per heavy atom. The molecule has 20 heavy (non-hydrogen) atoms. The molecule has 4 heteroatoms. The zero-order chi connectivity index (χ0) is 14.7. The van der Waals surface area contributed by atoms with Gasteiger partial charge in [0.25, 0.3) is 0 Å². The van der Waals surface area contributed by atoms with Gasteiger partial charge < -0.3 is 10.1 Å². The average Bonchev–Trinajstić information content (AvgIpc) is 2.24. The minimum atomic E-state index is 0.0382. The first-order valence-electron chi connectivity index (χ1n) is 7.18. The second-order valence-corrected chi connectivity index (χ2v) is 5.88. The maximum Gasteiger partial charge on any atom is 0.238 e. The molecule has 1 saturated heterocycles. The van der Waals surface area contributed by atoms with Crippen LogP contribution in [0.2, 0.25) is 0 Å². The lowest BCUT2D eigenvalue weighted by molar-refractivity contribution is -0.121. The number of rotatable bonds is 3. The van der Waals surface area contributed by atoms with Gasteiger partial charge >= 0.3 is 0 Å². The zero-order valence-electron chi connectivity index (χ0n) is 12.8. The number of anilines is 1. The van der Waals surface area contributed by atoms with Crippen LogP contribution in [-0.4, -0.2) is 42.6 Å². The smallest absolute Gasteiger partial charge is 0.238 e. The second kappa shape index (κ2) is 6.37. The van der Waals surface area contributed by atoms with Crippen LogP contribution in [-0.2, 0) is 9.53 Å². The first kappa shape index (κ1) is 15.0. The van der Waals surface area contributed by atoms with E-state index in [1.165, 1.54) is 0 Å². The van der Waals surface area contributed by atoms with Gasteiger partial charge in [-0.25, -0.2) is 0 Å². The predicted molar refractivity (Wildman–Crippen MR) is 81.0 cm³/mol. The summed E-state index contributed by atoms with van der Waals surface area (Å²) < 4.78 is 5.67. The van der Waals surface area contributed by atoms with Crippen LogP contribution in [0.3, 0.4) is 0 Å². The first-order chi connectivity index (χ1) is 9.42. The van der Waals surface area contributed by atoms with Gasteiger partial charge in [0.1, 0.15) is 0 Å². The molecule has 1 aromatic carbocycles. The zero-order valence-corrected chi connectivity index (χ0v) is 12.8. The molecule has 2 rings (SSSR count). The lowest BCUT2D eigenvalue weighted by Gasteiger charge is -2.34. The van der Waals surface area contributed by atoms with E-state index in [0.717, 1.165) is 29.9 Å². The van der Waals surface area contributed by atoms with Gasteiger partial charge in [-0.1, -0.05) is 6.07 Å². The third-order valence-electron chi connectivity index (χ3n) is 3.37. The Labute approximate surface area is 121 Å². The van der Waals surface area contributed by atoms with Crippen LogP contribution in [0.5, 0.6) is 0 Å². The van der Waals surface area contributed by atoms with Crippen LogP contribution in [0.1, 0.15) is 25.0 Å². The highest BCUT2D eigenvalue weighted by Gasteiger charge is 2.23. The molecule has 110 valence electrons. The van der Waals surface area contributed by atoms with E-state index >= 15 is 0 Å². The van der Waals surface area contributed by atoms with Crippen LogP contribution >= 0.6 is 0 Å². The molecule has 0 aromatic heterocycles. The molecule has 1 aliphatic heterocycles. The standard InChI is InChI=1S/C16H24N2O2/c1-11-5-12(2)7-15(6-11)17-16(19)10-18-8-13(3)20-14(4)9-18/h5-7,13-14H,8-10H2,1-4H3,(H,17,19)/t13-,14+. The van der Waals surface area contributed by atoms with Crippen LogP contribution in [0.25, 0.3) is 0 Å². The van der Waals surface area contributed by atoms with Gasteiger partial charge in [0.2, 0.25) is 5.91 Å². The summed E-state index contributed by atoms with van der Waals surface area (Å²) in [6, 6.07) is 6.09. The van der Waals surface area contributed by atoms with Crippen LogP contribution in [0.4, 0.5) is 5.69 Å². The quantitative estimate of drug-likeness (QED) is 0.921. The second-order valence-electron chi connectivity index (χ2n) is 5.88. The first-order valence-corrected chi connectivity index (χ1v) is 7.18. The average molecular weight is 276 g/mol. The van der Waals surface area contributed by atoms with Crippen molar-refractivity contribution < 1.29 is 9.53 Å². The molecule has 0 unspecified atom stereocenters. The van der Waals surface area contributed by atoms with Gasteiger partial charge in [-0.05, 0) is 51.0 Å². The summed E-state index contributed by atoms with van der Waals surface area (Å²) >= 11 is 0. The molecule has 0 radical (unpaired) electrons. The summed E-state index contributed by atoms with van der Waals surface area (Å²) in [6.07, 6.45) is 0.375. The maximum atomic E-state index is 12.1. The van der Waals surface area contributed by atoms with Crippen molar-refractivity contribution in [3.05, 3.63) is 29.3 Å². The molecule has 4 nitrogen and oxygen atoms in total. The molecule has 0 spiro atoms. The van der Waals surface area contributed by atoms with Crippen LogP contribution in [0, 0.1) is 13.8 Å². The highest BCUT2D eigenvalue weighted by molar-refractivity contribution is 5.92. The molecule has 1 N–H and O–H groups in total. The number of nitrogens with zero attached hydrogens (tertiary/aromatic N) is 1. The summed E-state index contributed by atoms with van der Waals surface area (Å²) in [6.45, 7) is 10.2. The molecular formula is C16H24N2O2. The Morgan fingerprint density at radius 1 is 1.20 bits per heavy atom. The number of ether oxygens (including phenoxy) is 1. The molecule has 0 aliphatic carbocycles. The van der Waals surface area contributed by atoms with Crippen molar-refractivity contribution in [1.29, 1.82) is 0 Å². The molecule has 0 saturated carbocycles. The Morgan fingerprint density at radius 2 is 1.75 bits per heavy atom. The number of hydrogen-bond acceptors (Lipinski definition) is 3. The largest absolute Gasteiger partial charge is 0.373 e. The third-order valence-corrected chi connectivity index (χ3v) is 3.37. The summed E-state index contributed by atoms with van der Waals surface area (Å²) in [4.78, 5) is 14.3. The minimum absolute atomic E-state index is 0.0382. The molecule has 0 bridgehead atoms. The van der Waals surface area contributed by atoms with Crippen LogP contribution < -0.4 is 5.32 Å². The van der Waals surface area contributed by atoms with Crippen molar-refractivity contribution in [2.75, 3.05) is 25.0 Å². The number of hydrogen-bond donors (Lipinski definition) is 1. The fourth-order valence-electron chi connectivity index (χ4n) is 2.86. The monoisotopic (exact) mass is 276 g/mol. The number of benzene rings is 1. The number of nitrogens with one attached hydrogen (secondary N) is 1. The Kier molecular flexibility index (Phi) is 4.78. The molecule has 1 aliphatic rings. The summed E-state index contributed by atoms with van der Waals surface area (Å²) in [5, 5.41) is 2.98. The van der Waals surface area contributed by atoms with E-state index in [4.69, 9.17) is 4.74 Å². The Hall–Kier alpha value is -1.39. The van der Waals surface area contributed by atoms with Crippen molar-refractivity contribution in [3.8, 4) is 0 Å². The number of morpholine rings is 1. The van der Waals surface area contributed by atoms with Gasteiger partial charge in [0, 0.05) is 18.8 Å². The van der Waals surface area contributed by atoms with Gasteiger partial charge in [-0.2, -0.15) is 0 Å². The molecule has 1 amide bonds. The fraction of sp³-hybridized carbons (Fsp3) is 0.562. The van der Waals surface area contributed by atoms with E-state index in [1.807, 2.05) is 39.8 Å². The highest BCUT2D eigenvalue weighted by atomic mass is 16.5. The normalized spacial score (nSPS) is 23.6. The van der Waals surface area contributed by atoms with E-state index < -0.39 is 0 Å². The number of carbonyl (C=O) groups excluding carboxylic acids is 1. The molecule has 2 atom stereocenters. The fourth-order valence-corrected chi connectivity index (χ4v) is 2.86. The van der Waals surface area contributed by atoms with E-state index in [0.29, 0.717) is 6.54 Å². The topological polar surface area (TPSA) is 41.6 Å². The SMILES string of the molecule is Cc1cc(C)cc(NC(=O)CN2C[C@@H](C)O[C@@H](C)C2)c1. The summed E-state index contributed by atoms with van der Waals surface area (Å²) in [5.41, 5.74) is 3.20. The van der Waals surface area contributed by atoms with E-state index in [9.17, 15) is 4.79 Å². The number of amides is 1. The summed E-state index contributed by atoms with van der Waals surface area (Å²) in [5.74, 6) is 0.0382. The van der Waals surface area contributed by atoms with Crippen LogP contribution in [0.15, 0.2) is 18.2 Å². The van der Waals surface area contributed by atoms with Gasteiger partial charge in [-0.15, -0.1) is 0 Å².